The van der Waals surface area contributed by atoms with Gasteiger partial charge in [0.05, 0.1) is 0 Å². The van der Waals surface area contributed by atoms with Crippen molar-refractivity contribution in [1.82, 2.24) is 5.32 Å². The van der Waals surface area contributed by atoms with E-state index in [1.807, 2.05) is 6.92 Å². The first-order valence-electron chi connectivity index (χ1n) is 7.79. The second-order valence-electron chi connectivity index (χ2n) is 5.36. The lowest BCUT2D eigenvalue weighted by Crippen LogP contribution is -2.31. The molecule has 0 bridgehead atoms. The summed E-state index contributed by atoms with van der Waals surface area (Å²) in [6.07, 6.45) is 4.55. The maximum atomic E-state index is 12.2. The molecule has 4 heteroatoms. The van der Waals surface area contributed by atoms with Gasteiger partial charge in [0.25, 0.3) is 0 Å². The van der Waals surface area contributed by atoms with Crippen LogP contribution in [0.15, 0.2) is 0 Å². The van der Waals surface area contributed by atoms with E-state index in [4.69, 9.17) is 0 Å². The van der Waals surface area contributed by atoms with Crippen LogP contribution in [-0.4, -0.2) is 18.8 Å². The number of rotatable bonds is 12. The van der Waals surface area contributed by atoms with Gasteiger partial charge in [0.2, 0.25) is 0 Å². The molecule has 0 rings (SSSR count). The minimum Gasteiger partial charge on any atom is -0.314 e. The number of hydrogen-bond acceptors (Lipinski definition) is 1. The molecule has 0 aromatic carbocycles. The zero-order valence-corrected chi connectivity index (χ0v) is 12.5. The molecule has 0 aliphatic heterocycles. The van der Waals surface area contributed by atoms with Crippen molar-refractivity contribution in [2.75, 3.05) is 6.54 Å². The molecule has 0 saturated carbocycles. The summed E-state index contributed by atoms with van der Waals surface area (Å²) in [5.74, 6) is 0. The van der Waals surface area contributed by atoms with Crippen LogP contribution in [-0.2, 0) is 0 Å². The van der Waals surface area contributed by atoms with Crippen LogP contribution < -0.4 is 5.32 Å². The van der Waals surface area contributed by atoms with Gasteiger partial charge in [0.15, 0.2) is 0 Å². The monoisotopic (exact) mass is 281 g/mol. The molecule has 116 valence electrons. The Hall–Kier alpha value is -0.250. The predicted molar refractivity (Wildman–Crippen MR) is 75.4 cm³/mol. The third kappa shape index (κ3) is 14.0. The van der Waals surface area contributed by atoms with Crippen molar-refractivity contribution in [3.63, 3.8) is 0 Å². The fourth-order valence-corrected chi connectivity index (χ4v) is 2.21. The summed E-state index contributed by atoms with van der Waals surface area (Å²) in [6, 6.07) is 0.0350. The lowest BCUT2D eigenvalue weighted by molar-refractivity contribution is -0.136. The van der Waals surface area contributed by atoms with Crippen molar-refractivity contribution in [1.29, 1.82) is 0 Å². The average molecular weight is 281 g/mol. The highest BCUT2D eigenvalue weighted by atomic mass is 19.4. The molecule has 1 atom stereocenters. The summed E-state index contributed by atoms with van der Waals surface area (Å²) >= 11 is 0. The van der Waals surface area contributed by atoms with Crippen LogP contribution in [0.25, 0.3) is 0 Å². The van der Waals surface area contributed by atoms with Crippen LogP contribution in [0.4, 0.5) is 13.2 Å². The van der Waals surface area contributed by atoms with Crippen molar-refractivity contribution >= 4 is 0 Å². The van der Waals surface area contributed by atoms with E-state index in [1.165, 1.54) is 25.7 Å². The molecular weight excluding hydrogens is 251 g/mol. The van der Waals surface area contributed by atoms with Gasteiger partial charge in [-0.25, -0.2) is 0 Å². The van der Waals surface area contributed by atoms with E-state index in [2.05, 4.69) is 12.2 Å². The van der Waals surface area contributed by atoms with E-state index < -0.39 is 12.6 Å². The third-order valence-electron chi connectivity index (χ3n) is 3.37. The molecule has 0 radical (unpaired) electrons. The maximum Gasteiger partial charge on any atom is 0.389 e. The fraction of sp³-hybridized carbons (Fsp3) is 1.00. The van der Waals surface area contributed by atoms with Crippen LogP contribution >= 0.6 is 0 Å². The van der Waals surface area contributed by atoms with Crippen molar-refractivity contribution < 1.29 is 13.2 Å². The molecule has 1 nitrogen and oxygen atoms in total. The Labute approximate surface area is 116 Å². The fourth-order valence-electron chi connectivity index (χ4n) is 2.21. The Morgan fingerprint density at radius 3 is 2.05 bits per heavy atom. The normalized spacial score (nSPS) is 13.7. The Bertz CT molecular complexity index is 192. The van der Waals surface area contributed by atoms with E-state index in [0.29, 0.717) is 0 Å². The summed E-state index contributed by atoms with van der Waals surface area (Å²) in [4.78, 5) is 0. The van der Waals surface area contributed by atoms with Crippen molar-refractivity contribution in [2.45, 2.75) is 90.3 Å². The molecule has 0 spiro atoms. The molecule has 19 heavy (non-hydrogen) atoms. The van der Waals surface area contributed by atoms with Crippen LogP contribution in [0, 0.1) is 0 Å². The SMILES string of the molecule is CCCCCCCCC(CCC(F)(F)F)NCCC. The summed E-state index contributed by atoms with van der Waals surface area (Å²) < 4.78 is 36.7. The van der Waals surface area contributed by atoms with E-state index in [1.54, 1.807) is 0 Å². The third-order valence-corrected chi connectivity index (χ3v) is 3.37. The lowest BCUT2D eigenvalue weighted by atomic mass is 10.0. The Balaban J connectivity index is 3.73. The van der Waals surface area contributed by atoms with Gasteiger partial charge >= 0.3 is 6.18 Å². The van der Waals surface area contributed by atoms with E-state index in [0.717, 1.165) is 32.2 Å². The summed E-state index contributed by atoms with van der Waals surface area (Å²) in [5.41, 5.74) is 0. The number of hydrogen-bond donors (Lipinski definition) is 1. The zero-order chi connectivity index (χ0) is 14.6. The number of halogens is 3. The summed E-state index contributed by atoms with van der Waals surface area (Å²) in [7, 11) is 0. The van der Waals surface area contributed by atoms with E-state index in [9.17, 15) is 13.2 Å². The minimum absolute atomic E-state index is 0.0350. The molecule has 0 amide bonds. The standard InChI is InChI=1S/C15H30F3N/c1-3-5-6-7-8-9-10-14(19-13-4-2)11-12-15(16,17)18/h14,19H,3-13H2,1-2H3. The van der Waals surface area contributed by atoms with Crippen molar-refractivity contribution in [3.8, 4) is 0 Å². The largest absolute Gasteiger partial charge is 0.389 e. The first-order valence-corrected chi connectivity index (χ1v) is 7.79. The molecule has 0 aliphatic rings. The quantitative estimate of drug-likeness (QED) is 0.469. The minimum atomic E-state index is -4.02. The predicted octanol–water partition coefficient (Wildman–Crippen LogP) is 5.45. The molecule has 1 N–H and O–H groups in total. The molecule has 0 saturated heterocycles. The van der Waals surface area contributed by atoms with Crippen LogP contribution in [0.2, 0.25) is 0 Å². The second-order valence-corrected chi connectivity index (χ2v) is 5.36. The van der Waals surface area contributed by atoms with Gasteiger partial charge in [-0.05, 0) is 25.8 Å². The number of alkyl halides is 3. The Kier molecular flexibility index (Phi) is 11.4. The molecule has 0 aromatic heterocycles. The Morgan fingerprint density at radius 2 is 1.47 bits per heavy atom. The van der Waals surface area contributed by atoms with Gasteiger partial charge in [0, 0.05) is 12.5 Å². The van der Waals surface area contributed by atoms with E-state index in [-0.39, 0.29) is 12.5 Å². The van der Waals surface area contributed by atoms with Gasteiger partial charge in [0.1, 0.15) is 0 Å². The average Bonchev–Trinajstić information content (AvgIpc) is 2.34. The van der Waals surface area contributed by atoms with Gasteiger partial charge in [-0.1, -0.05) is 52.4 Å². The number of unbranched alkanes of at least 4 members (excludes halogenated alkanes) is 5. The number of nitrogens with one attached hydrogen (secondary N) is 1. The maximum absolute atomic E-state index is 12.2. The van der Waals surface area contributed by atoms with E-state index >= 15 is 0 Å². The van der Waals surface area contributed by atoms with Gasteiger partial charge in [-0.15, -0.1) is 0 Å². The summed E-state index contributed by atoms with van der Waals surface area (Å²) in [5, 5.41) is 3.24. The lowest BCUT2D eigenvalue weighted by Gasteiger charge is -2.19. The molecule has 0 aromatic rings. The highest BCUT2D eigenvalue weighted by Crippen LogP contribution is 2.23. The van der Waals surface area contributed by atoms with Crippen LogP contribution in [0.1, 0.15) is 78.1 Å². The Morgan fingerprint density at radius 1 is 0.842 bits per heavy atom. The molecular formula is C15H30F3N. The molecule has 0 fully saturated rings. The van der Waals surface area contributed by atoms with Crippen LogP contribution in [0.5, 0.6) is 0 Å². The highest BCUT2D eigenvalue weighted by Gasteiger charge is 2.27. The second kappa shape index (κ2) is 11.6. The van der Waals surface area contributed by atoms with Crippen molar-refractivity contribution in [2.24, 2.45) is 0 Å². The highest BCUT2D eigenvalue weighted by molar-refractivity contribution is 4.69. The molecule has 0 heterocycles. The summed E-state index contributed by atoms with van der Waals surface area (Å²) in [6.45, 7) is 5.04. The first-order chi connectivity index (χ1) is 8.99. The van der Waals surface area contributed by atoms with Gasteiger partial charge < -0.3 is 5.32 Å². The topological polar surface area (TPSA) is 12.0 Å². The van der Waals surface area contributed by atoms with Crippen LogP contribution in [0.3, 0.4) is 0 Å². The van der Waals surface area contributed by atoms with Gasteiger partial charge in [-0.3, -0.25) is 0 Å². The van der Waals surface area contributed by atoms with Gasteiger partial charge in [-0.2, -0.15) is 13.2 Å². The zero-order valence-electron chi connectivity index (χ0n) is 12.5. The molecule has 0 aliphatic carbocycles. The van der Waals surface area contributed by atoms with Crippen molar-refractivity contribution in [3.05, 3.63) is 0 Å². The smallest absolute Gasteiger partial charge is 0.314 e. The first kappa shape index (κ1) is 18.8. The molecule has 1 unspecified atom stereocenters.